The monoisotopic (exact) mass is 272 g/mol. The van der Waals surface area contributed by atoms with Gasteiger partial charge in [0.2, 0.25) is 0 Å². The number of benzene rings is 2. The van der Waals surface area contributed by atoms with E-state index in [4.69, 9.17) is 9.47 Å². The van der Waals surface area contributed by atoms with E-state index in [1.54, 1.807) is 19.2 Å². The predicted molar refractivity (Wildman–Crippen MR) is 73.4 cm³/mol. The van der Waals surface area contributed by atoms with Crippen LogP contribution in [0.2, 0.25) is 0 Å². The Labute approximate surface area is 115 Å². The lowest BCUT2D eigenvalue weighted by Crippen LogP contribution is -1.97. The van der Waals surface area contributed by atoms with Crippen LogP contribution in [0.25, 0.3) is 11.0 Å². The summed E-state index contributed by atoms with van der Waals surface area (Å²) in [6.45, 7) is 0.281. The van der Waals surface area contributed by atoms with E-state index in [-0.39, 0.29) is 12.4 Å². The number of aromatic nitrogens is 2. The van der Waals surface area contributed by atoms with Crippen molar-refractivity contribution in [2.75, 3.05) is 7.11 Å². The van der Waals surface area contributed by atoms with Gasteiger partial charge in [-0.3, -0.25) is 0 Å². The summed E-state index contributed by atoms with van der Waals surface area (Å²) >= 11 is 0. The number of H-pyrrole nitrogens is 1. The molecular formula is C15H13FN2O2. The minimum atomic E-state index is -0.290. The minimum absolute atomic E-state index is 0.281. The van der Waals surface area contributed by atoms with Crippen LogP contribution in [-0.2, 0) is 6.61 Å². The van der Waals surface area contributed by atoms with Crippen molar-refractivity contribution >= 4 is 11.0 Å². The van der Waals surface area contributed by atoms with Crippen LogP contribution in [-0.4, -0.2) is 17.1 Å². The fraction of sp³-hybridized carbons (Fsp3) is 0.133. The normalized spacial score (nSPS) is 10.7. The number of ether oxygens (including phenoxy) is 2. The maximum Gasteiger partial charge on any atom is 0.146 e. The van der Waals surface area contributed by atoms with E-state index in [0.29, 0.717) is 17.1 Å². The molecule has 1 N–H and O–H groups in total. The fourth-order valence-corrected chi connectivity index (χ4v) is 1.95. The average molecular weight is 272 g/mol. The van der Waals surface area contributed by atoms with Gasteiger partial charge in [0, 0.05) is 6.07 Å². The van der Waals surface area contributed by atoms with Gasteiger partial charge >= 0.3 is 0 Å². The smallest absolute Gasteiger partial charge is 0.146 e. The van der Waals surface area contributed by atoms with Crippen LogP contribution in [0.4, 0.5) is 4.39 Å². The number of rotatable bonds is 4. The highest BCUT2D eigenvalue weighted by molar-refractivity contribution is 5.74. The topological polar surface area (TPSA) is 47.1 Å². The molecule has 102 valence electrons. The Hall–Kier alpha value is -2.56. The summed E-state index contributed by atoms with van der Waals surface area (Å²) in [6.07, 6.45) is 0. The summed E-state index contributed by atoms with van der Waals surface area (Å²) in [5.74, 6) is 1.78. The van der Waals surface area contributed by atoms with Crippen LogP contribution in [0.1, 0.15) is 5.82 Å². The molecule has 4 nitrogen and oxygen atoms in total. The van der Waals surface area contributed by atoms with Gasteiger partial charge in [-0.05, 0) is 30.3 Å². The Morgan fingerprint density at radius 3 is 2.85 bits per heavy atom. The molecule has 3 rings (SSSR count). The lowest BCUT2D eigenvalue weighted by molar-refractivity contribution is 0.295. The highest BCUT2D eigenvalue weighted by Crippen LogP contribution is 2.20. The second-order valence-corrected chi connectivity index (χ2v) is 4.31. The highest BCUT2D eigenvalue weighted by Gasteiger charge is 2.05. The number of hydrogen-bond donors (Lipinski definition) is 1. The predicted octanol–water partition coefficient (Wildman–Crippen LogP) is 3.29. The molecule has 0 aliphatic carbocycles. The largest absolute Gasteiger partial charge is 0.497 e. The summed E-state index contributed by atoms with van der Waals surface area (Å²) in [5.41, 5.74) is 1.38. The van der Waals surface area contributed by atoms with E-state index in [0.717, 1.165) is 11.3 Å². The van der Waals surface area contributed by atoms with Gasteiger partial charge in [0.15, 0.2) is 0 Å². The van der Waals surface area contributed by atoms with Crippen LogP contribution in [0, 0.1) is 5.82 Å². The van der Waals surface area contributed by atoms with E-state index in [1.165, 1.54) is 12.1 Å². The summed E-state index contributed by atoms with van der Waals surface area (Å²) in [4.78, 5) is 7.36. The number of fused-ring (bicyclic) bond motifs is 1. The number of imidazole rings is 1. The molecule has 0 fully saturated rings. The molecule has 2 aromatic carbocycles. The molecule has 0 atom stereocenters. The molecule has 0 spiro atoms. The Morgan fingerprint density at radius 2 is 2.00 bits per heavy atom. The molecule has 1 aromatic heterocycles. The average Bonchev–Trinajstić information content (AvgIpc) is 2.87. The number of aromatic amines is 1. The number of hydrogen-bond acceptors (Lipinski definition) is 3. The van der Waals surface area contributed by atoms with E-state index >= 15 is 0 Å². The zero-order valence-corrected chi connectivity index (χ0v) is 10.9. The third-order valence-electron chi connectivity index (χ3n) is 2.91. The van der Waals surface area contributed by atoms with Crippen molar-refractivity contribution in [3.05, 3.63) is 54.1 Å². The fourth-order valence-electron chi connectivity index (χ4n) is 1.95. The molecule has 1 heterocycles. The molecule has 0 aliphatic rings. The van der Waals surface area contributed by atoms with Gasteiger partial charge in [0.05, 0.1) is 18.1 Å². The first kappa shape index (κ1) is 12.5. The molecule has 0 saturated carbocycles. The minimum Gasteiger partial charge on any atom is -0.497 e. The van der Waals surface area contributed by atoms with E-state index in [2.05, 4.69) is 9.97 Å². The van der Waals surface area contributed by atoms with E-state index in [1.807, 2.05) is 18.2 Å². The summed E-state index contributed by atoms with van der Waals surface area (Å²) in [5, 5.41) is 0. The molecule has 0 aliphatic heterocycles. The van der Waals surface area contributed by atoms with Crippen molar-refractivity contribution in [3.63, 3.8) is 0 Å². The number of nitrogens with zero attached hydrogens (tertiary/aromatic N) is 1. The van der Waals surface area contributed by atoms with Crippen LogP contribution in [0.15, 0.2) is 42.5 Å². The second kappa shape index (κ2) is 5.21. The SMILES string of the molecule is COc1cccc(OCc2nc3ccc(F)cc3[nH]2)c1. The Balaban J connectivity index is 1.76. The molecule has 20 heavy (non-hydrogen) atoms. The molecule has 3 aromatic rings. The number of methoxy groups -OCH3 is 1. The van der Waals surface area contributed by atoms with Crippen molar-refractivity contribution in [2.24, 2.45) is 0 Å². The maximum atomic E-state index is 13.1. The Bertz CT molecular complexity index is 740. The molecule has 0 unspecified atom stereocenters. The van der Waals surface area contributed by atoms with Gasteiger partial charge in [-0.15, -0.1) is 0 Å². The van der Waals surface area contributed by atoms with Crippen molar-refractivity contribution in [1.82, 2.24) is 9.97 Å². The van der Waals surface area contributed by atoms with Crippen molar-refractivity contribution in [2.45, 2.75) is 6.61 Å². The molecule has 0 amide bonds. The van der Waals surface area contributed by atoms with Crippen molar-refractivity contribution in [3.8, 4) is 11.5 Å². The lowest BCUT2D eigenvalue weighted by Gasteiger charge is -2.05. The summed E-state index contributed by atoms with van der Waals surface area (Å²) in [7, 11) is 1.60. The maximum absolute atomic E-state index is 13.1. The Morgan fingerprint density at radius 1 is 1.15 bits per heavy atom. The Kier molecular flexibility index (Phi) is 3.25. The first-order chi connectivity index (χ1) is 9.74. The molecular weight excluding hydrogens is 259 g/mol. The third-order valence-corrected chi connectivity index (χ3v) is 2.91. The summed E-state index contributed by atoms with van der Waals surface area (Å²) < 4.78 is 23.8. The number of halogens is 1. The zero-order valence-electron chi connectivity index (χ0n) is 10.9. The quantitative estimate of drug-likeness (QED) is 0.792. The molecule has 5 heteroatoms. The molecule has 0 saturated heterocycles. The summed E-state index contributed by atoms with van der Waals surface area (Å²) in [6, 6.07) is 11.8. The van der Waals surface area contributed by atoms with Gasteiger partial charge in [-0.25, -0.2) is 9.37 Å². The van der Waals surface area contributed by atoms with Crippen molar-refractivity contribution < 1.29 is 13.9 Å². The van der Waals surface area contributed by atoms with Gasteiger partial charge < -0.3 is 14.5 Å². The first-order valence-corrected chi connectivity index (χ1v) is 6.15. The van der Waals surface area contributed by atoms with E-state index in [9.17, 15) is 4.39 Å². The zero-order chi connectivity index (χ0) is 13.9. The first-order valence-electron chi connectivity index (χ1n) is 6.15. The van der Waals surface area contributed by atoms with Gasteiger partial charge in [0.25, 0.3) is 0 Å². The van der Waals surface area contributed by atoms with Gasteiger partial charge in [-0.2, -0.15) is 0 Å². The standard InChI is InChI=1S/C15H13FN2O2/c1-19-11-3-2-4-12(8-11)20-9-15-17-13-6-5-10(16)7-14(13)18-15/h2-8H,9H2,1H3,(H,17,18). The second-order valence-electron chi connectivity index (χ2n) is 4.31. The van der Waals surface area contributed by atoms with Crippen LogP contribution in [0.5, 0.6) is 11.5 Å². The van der Waals surface area contributed by atoms with Crippen LogP contribution in [0.3, 0.4) is 0 Å². The highest BCUT2D eigenvalue weighted by atomic mass is 19.1. The van der Waals surface area contributed by atoms with Crippen molar-refractivity contribution in [1.29, 1.82) is 0 Å². The lowest BCUT2D eigenvalue weighted by atomic mass is 10.3. The van der Waals surface area contributed by atoms with Crippen LogP contribution >= 0.6 is 0 Å². The number of nitrogens with one attached hydrogen (secondary N) is 1. The van der Waals surface area contributed by atoms with Gasteiger partial charge in [0.1, 0.15) is 29.7 Å². The van der Waals surface area contributed by atoms with Crippen LogP contribution < -0.4 is 9.47 Å². The third kappa shape index (κ3) is 2.56. The molecule has 0 bridgehead atoms. The van der Waals surface area contributed by atoms with Gasteiger partial charge in [-0.1, -0.05) is 6.07 Å². The van der Waals surface area contributed by atoms with E-state index < -0.39 is 0 Å². The molecule has 0 radical (unpaired) electrons.